The fraction of sp³-hybridized carbons (Fsp3) is 0.468. The molecule has 0 aromatic heterocycles. The molecule has 1 heterocycles. The first kappa shape index (κ1) is 42.0. The Labute approximate surface area is 344 Å². The predicted octanol–water partition coefficient (Wildman–Crippen LogP) is 5.72. The van der Waals surface area contributed by atoms with E-state index >= 15 is 4.79 Å². The molecule has 1 unspecified atom stereocenters. The predicted molar refractivity (Wildman–Crippen MR) is 214 cm³/mol. The molecule has 11 atom stereocenters. The Balaban J connectivity index is 1.35. The van der Waals surface area contributed by atoms with E-state index in [0.29, 0.717) is 23.3 Å². The van der Waals surface area contributed by atoms with Crippen LogP contribution < -0.4 is 5.32 Å². The van der Waals surface area contributed by atoms with E-state index in [2.05, 4.69) is 5.32 Å². The second kappa shape index (κ2) is 15.5. The van der Waals surface area contributed by atoms with Crippen molar-refractivity contribution in [3.8, 4) is 0 Å². The standard InChI is InChI=1S/C47H53NO11/c1-26-32(24-47(55)27(2)39-45(6)25-56-34(45)23-33(50)46(39,7)40(51)37(57-28(3)49)35(26)44(47,4)5)58-43(54)38(59-42(53)31-21-15-10-16-22-31)36(29-17-11-8-12-18-29)48-41(52)30-19-13-9-14-20-30/h8-22,27,32-34,36-39,50,55H,23-25H2,1-7H3,(H,48,52)/t27-,32-,33-,34+,36-,37+,38+,39?,45+,46+,47+/m0/s1. The zero-order valence-electron chi connectivity index (χ0n) is 34.5. The molecule has 1 saturated heterocycles. The lowest BCUT2D eigenvalue weighted by atomic mass is 9.40. The molecule has 4 aliphatic rings. The van der Waals surface area contributed by atoms with Gasteiger partial charge in [0.25, 0.3) is 5.91 Å². The van der Waals surface area contributed by atoms with Crippen LogP contribution >= 0.6 is 0 Å². The van der Waals surface area contributed by atoms with Gasteiger partial charge in [0.15, 0.2) is 11.9 Å². The number of esters is 3. The monoisotopic (exact) mass is 807 g/mol. The van der Waals surface area contributed by atoms with Gasteiger partial charge in [-0.1, -0.05) is 94.4 Å². The first-order valence-electron chi connectivity index (χ1n) is 20.2. The molecule has 3 aromatic carbocycles. The van der Waals surface area contributed by atoms with E-state index in [-0.39, 0.29) is 30.1 Å². The summed E-state index contributed by atoms with van der Waals surface area (Å²) in [6, 6.07) is 23.8. The number of aliphatic hydroxyl groups excluding tert-OH is 1. The van der Waals surface area contributed by atoms with Crippen molar-refractivity contribution in [1.82, 2.24) is 5.32 Å². The summed E-state index contributed by atoms with van der Waals surface area (Å²) >= 11 is 0. The van der Waals surface area contributed by atoms with Crippen LogP contribution in [0.15, 0.2) is 102 Å². The Morgan fingerprint density at radius 2 is 1.44 bits per heavy atom. The summed E-state index contributed by atoms with van der Waals surface area (Å²) in [6.45, 7) is 12.3. The van der Waals surface area contributed by atoms with Gasteiger partial charge in [-0.25, -0.2) is 9.59 Å². The first-order chi connectivity index (χ1) is 27.9. The van der Waals surface area contributed by atoms with Crippen molar-refractivity contribution in [3.63, 3.8) is 0 Å². The number of carbonyl (C=O) groups is 5. The number of fused-ring (bicyclic) bond motifs is 5. The van der Waals surface area contributed by atoms with Crippen LogP contribution in [-0.4, -0.2) is 82.5 Å². The van der Waals surface area contributed by atoms with E-state index in [1.54, 1.807) is 107 Å². The average molecular weight is 808 g/mol. The summed E-state index contributed by atoms with van der Waals surface area (Å²) in [5, 5.41) is 28.0. The van der Waals surface area contributed by atoms with E-state index in [1.165, 1.54) is 19.1 Å². The topological polar surface area (TPSA) is 175 Å². The second-order valence-electron chi connectivity index (χ2n) is 17.7. The lowest BCUT2D eigenvalue weighted by molar-refractivity contribution is -0.302. The van der Waals surface area contributed by atoms with Crippen LogP contribution in [0, 0.1) is 28.1 Å². The Morgan fingerprint density at radius 3 is 2.00 bits per heavy atom. The minimum atomic E-state index is -1.75. The molecule has 3 aliphatic carbocycles. The van der Waals surface area contributed by atoms with Crippen molar-refractivity contribution in [2.75, 3.05) is 6.61 Å². The van der Waals surface area contributed by atoms with Crippen molar-refractivity contribution >= 4 is 29.6 Å². The number of hydrogen-bond acceptors (Lipinski definition) is 11. The number of rotatable bonds is 9. The number of benzene rings is 3. The van der Waals surface area contributed by atoms with Crippen LogP contribution in [0.4, 0.5) is 0 Å². The van der Waals surface area contributed by atoms with Gasteiger partial charge < -0.3 is 34.5 Å². The lowest BCUT2D eigenvalue weighted by Gasteiger charge is -2.68. The summed E-state index contributed by atoms with van der Waals surface area (Å²) in [5.74, 6) is -5.02. The molecule has 7 rings (SSSR count). The molecule has 12 heteroatoms. The Bertz CT molecular complexity index is 2160. The van der Waals surface area contributed by atoms with Crippen molar-refractivity contribution in [1.29, 1.82) is 0 Å². The Hall–Kier alpha value is -5.17. The molecule has 2 bridgehead atoms. The second-order valence-corrected chi connectivity index (χ2v) is 17.7. The highest BCUT2D eigenvalue weighted by molar-refractivity contribution is 5.96. The van der Waals surface area contributed by atoms with Crippen LogP contribution in [0.25, 0.3) is 0 Å². The molecule has 59 heavy (non-hydrogen) atoms. The molecule has 0 radical (unpaired) electrons. The molecule has 3 N–H and O–H groups in total. The van der Waals surface area contributed by atoms with Gasteiger partial charge in [0.05, 0.1) is 35.4 Å². The maximum atomic E-state index is 15.2. The van der Waals surface area contributed by atoms with Gasteiger partial charge in [0, 0.05) is 36.2 Å². The minimum absolute atomic E-state index is 0.154. The van der Waals surface area contributed by atoms with Gasteiger partial charge >= 0.3 is 17.9 Å². The molecule has 0 spiro atoms. The fourth-order valence-corrected chi connectivity index (χ4v) is 10.8. The van der Waals surface area contributed by atoms with Crippen LogP contribution in [0.3, 0.4) is 0 Å². The highest BCUT2D eigenvalue weighted by Gasteiger charge is 2.73. The van der Waals surface area contributed by atoms with Gasteiger partial charge in [-0.05, 0) is 66.7 Å². The molecule has 1 amide bonds. The molecular weight excluding hydrogens is 755 g/mol. The number of amides is 1. The van der Waals surface area contributed by atoms with Crippen molar-refractivity contribution in [3.05, 3.63) is 119 Å². The van der Waals surface area contributed by atoms with Crippen LogP contribution in [0.1, 0.15) is 93.6 Å². The third-order valence-electron chi connectivity index (χ3n) is 14.1. The third kappa shape index (κ3) is 6.88. The van der Waals surface area contributed by atoms with E-state index in [4.69, 9.17) is 18.9 Å². The zero-order chi connectivity index (χ0) is 42.7. The number of Topliss-reactive ketones (excluding diaryl/α,β-unsaturated/α-hetero) is 1. The highest BCUT2D eigenvalue weighted by atomic mass is 16.6. The lowest BCUT2D eigenvalue weighted by Crippen LogP contribution is -2.75. The summed E-state index contributed by atoms with van der Waals surface area (Å²) in [7, 11) is 0. The minimum Gasteiger partial charge on any atom is -0.455 e. The summed E-state index contributed by atoms with van der Waals surface area (Å²) in [5.41, 5.74) is -3.53. The van der Waals surface area contributed by atoms with Gasteiger partial charge in [-0.3, -0.25) is 14.4 Å². The number of aliphatic hydroxyl groups is 2. The van der Waals surface area contributed by atoms with Crippen molar-refractivity contribution < 1.29 is 53.1 Å². The molecule has 1 aliphatic heterocycles. The molecule has 312 valence electrons. The van der Waals surface area contributed by atoms with Gasteiger partial charge in [0.2, 0.25) is 6.10 Å². The van der Waals surface area contributed by atoms with E-state index in [0.717, 1.165) is 0 Å². The molecule has 3 fully saturated rings. The highest BCUT2D eigenvalue weighted by Crippen LogP contribution is 2.67. The quantitative estimate of drug-likeness (QED) is 0.137. The van der Waals surface area contributed by atoms with Crippen LogP contribution in [0.2, 0.25) is 0 Å². The molecule has 3 aromatic rings. The van der Waals surface area contributed by atoms with E-state index < -0.39 is 93.7 Å². The van der Waals surface area contributed by atoms with Gasteiger partial charge in [-0.2, -0.15) is 0 Å². The normalized spacial score (nSPS) is 33.0. The number of ketones is 1. The van der Waals surface area contributed by atoms with Crippen molar-refractivity contribution in [2.45, 2.75) is 103 Å². The van der Waals surface area contributed by atoms with Crippen LogP contribution in [0.5, 0.6) is 0 Å². The number of nitrogens with one attached hydrogen (secondary N) is 1. The number of ether oxygens (including phenoxy) is 4. The molecule has 2 saturated carbocycles. The average Bonchev–Trinajstić information content (AvgIpc) is 3.21. The van der Waals surface area contributed by atoms with Gasteiger partial charge in [0.1, 0.15) is 12.1 Å². The summed E-state index contributed by atoms with van der Waals surface area (Å²) in [4.78, 5) is 70.5. The first-order valence-corrected chi connectivity index (χ1v) is 20.2. The number of hydrogen-bond donors (Lipinski definition) is 3. The molecule has 12 nitrogen and oxygen atoms in total. The largest absolute Gasteiger partial charge is 0.455 e. The Morgan fingerprint density at radius 1 is 0.864 bits per heavy atom. The smallest absolute Gasteiger partial charge is 0.350 e. The van der Waals surface area contributed by atoms with Gasteiger partial charge in [-0.15, -0.1) is 0 Å². The zero-order valence-corrected chi connectivity index (χ0v) is 34.5. The fourth-order valence-electron chi connectivity index (χ4n) is 10.8. The van der Waals surface area contributed by atoms with Crippen molar-refractivity contribution in [2.24, 2.45) is 28.1 Å². The van der Waals surface area contributed by atoms with Crippen LogP contribution in [-0.2, 0) is 33.3 Å². The number of carbonyl (C=O) groups excluding carboxylic acids is 5. The summed E-state index contributed by atoms with van der Waals surface area (Å²) in [6.07, 6.45) is -6.01. The Kier molecular flexibility index (Phi) is 11.0. The molecular formula is C47H53NO11. The SMILES string of the molecule is CC(=O)O[C@H]1C(=O)[C@@]2(C)C([C@H](C)[C@]3(O)C[C@H](OC(=O)[C@H](OC(=O)c4ccccc4)[C@@H](NC(=O)c4ccccc4)c4ccccc4)C(C)=C1C3(C)C)[C@]1(C)CO[C@@H]1C[C@@H]2O. The van der Waals surface area contributed by atoms with E-state index in [1.807, 2.05) is 13.8 Å². The third-order valence-corrected chi connectivity index (χ3v) is 14.1. The van der Waals surface area contributed by atoms with E-state index in [9.17, 15) is 29.4 Å². The summed E-state index contributed by atoms with van der Waals surface area (Å²) < 4.78 is 24.3. The maximum absolute atomic E-state index is 15.2. The maximum Gasteiger partial charge on any atom is 0.350 e.